The summed E-state index contributed by atoms with van der Waals surface area (Å²) in [5, 5.41) is 0. The monoisotopic (exact) mass is 383 g/mol. The predicted octanol–water partition coefficient (Wildman–Crippen LogP) is -8.07. The third-order valence-corrected chi connectivity index (χ3v) is 6.15. The van der Waals surface area contributed by atoms with Gasteiger partial charge in [0.2, 0.25) is 0 Å². The Kier molecular flexibility index (Phi) is 12.5. The number of phosphoric acid groups is 3. The standard InChI is InChI=1S/C3H8NO10P3.3Na.3H/c5-15(6,7)13-17(9)12-3-4-1-10-16(8,14-17)11-2-4;;;;;;/h1-3H2,(H2,5,6,7);;;;;;/q;3*+1;3*-1. The first-order valence-electron chi connectivity index (χ1n) is 4.04. The van der Waals surface area contributed by atoms with Gasteiger partial charge >= 0.3 is 112 Å². The van der Waals surface area contributed by atoms with Crippen molar-refractivity contribution in [3.05, 3.63) is 0 Å². The molecule has 0 spiro atoms. The fourth-order valence-corrected chi connectivity index (χ4v) is 5.12. The molecule has 3 rings (SSSR count). The normalized spacial score (nSPS) is 36.6. The molecule has 1 unspecified atom stereocenters. The van der Waals surface area contributed by atoms with Crippen molar-refractivity contribution in [1.82, 2.24) is 4.90 Å². The van der Waals surface area contributed by atoms with Gasteiger partial charge in [-0.1, -0.05) is 0 Å². The number of phosphoric ester groups is 1. The Morgan fingerprint density at radius 3 is 1.95 bits per heavy atom. The van der Waals surface area contributed by atoms with Crippen molar-refractivity contribution in [2.75, 3.05) is 20.2 Å². The average Bonchev–Trinajstić information content (AvgIpc) is 2.11. The molecule has 0 amide bonds. The van der Waals surface area contributed by atoms with Gasteiger partial charge < -0.3 is 14.1 Å². The van der Waals surface area contributed by atoms with Crippen LogP contribution in [-0.4, -0.2) is 34.9 Å². The number of nitrogens with zero attached hydrogens (tertiary/aromatic N) is 1. The van der Waals surface area contributed by atoms with E-state index < -0.39 is 30.2 Å². The van der Waals surface area contributed by atoms with E-state index in [2.05, 4.69) is 22.2 Å². The summed E-state index contributed by atoms with van der Waals surface area (Å²) in [5.74, 6) is 0. The van der Waals surface area contributed by atoms with Crippen molar-refractivity contribution in [2.45, 2.75) is 0 Å². The molecule has 0 radical (unpaired) electrons. The minimum atomic E-state index is -5.15. The molecule has 0 aromatic carbocycles. The Morgan fingerprint density at radius 1 is 1.05 bits per heavy atom. The first kappa shape index (κ1) is 25.6. The molecule has 11 nitrogen and oxygen atoms in total. The van der Waals surface area contributed by atoms with E-state index in [1.807, 2.05) is 0 Å². The van der Waals surface area contributed by atoms with Crippen molar-refractivity contribution >= 4 is 23.5 Å². The van der Waals surface area contributed by atoms with Crippen molar-refractivity contribution in [3.63, 3.8) is 0 Å². The van der Waals surface area contributed by atoms with Crippen LogP contribution in [0.3, 0.4) is 0 Å². The van der Waals surface area contributed by atoms with Crippen molar-refractivity contribution in [3.8, 4) is 0 Å². The molecule has 1 atom stereocenters. The SMILES string of the molecule is O=P(O)(O)OP1(=O)OCN2COP(=O)(OC2)O1.[H-].[H-].[H-].[Na+].[Na+].[Na+]. The molecule has 2 bridgehead atoms. The third kappa shape index (κ3) is 7.96. The van der Waals surface area contributed by atoms with Crippen LogP contribution in [0.2, 0.25) is 0 Å². The third-order valence-electron chi connectivity index (χ3n) is 1.60. The maximum atomic E-state index is 11.7. The van der Waals surface area contributed by atoms with Gasteiger partial charge in [-0.25, -0.2) is 18.6 Å². The number of rotatable bonds is 2. The smallest absolute Gasteiger partial charge is 1.00 e. The van der Waals surface area contributed by atoms with Crippen LogP contribution in [0.25, 0.3) is 0 Å². The summed E-state index contributed by atoms with van der Waals surface area (Å²) in [7, 11) is -14.1. The van der Waals surface area contributed by atoms with Gasteiger partial charge in [-0.05, 0) is 0 Å². The molecule has 3 heterocycles. The van der Waals surface area contributed by atoms with E-state index in [9.17, 15) is 13.7 Å². The van der Waals surface area contributed by atoms with Crippen LogP contribution in [0.1, 0.15) is 4.28 Å². The van der Waals surface area contributed by atoms with Crippen LogP contribution >= 0.6 is 23.5 Å². The van der Waals surface area contributed by atoms with Crippen LogP contribution in [0.15, 0.2) is 0 Å². The van der Waals surface area contributed by atoms with Gasteiger partial charge in [0.15, 0.2) is 0 Å². The molecule has 0 aromatic heterocycles. The van der Waals surface area contributed by atoms with Gasteiger partial charge in [-0.2, -0.15) is 8.62 Å². The molecule has 2 N–H and O–H groups in total. The minimum absolute atomic E-state index is 0. The van der Waals surface area contributed by atoms with Gasteiger partial charge in [0.05, 0.1) is 0 Å². The first-order valence-corrected chi connectivity index (χ1v) is 8.49. The molecule has 20 heavy (non-hydrogen) atoms. The summed E-state index contributed by atoms with van der Waals surface area (Å²) >= 11 is 0. The Labute approximate surface area is 185 Å². The molecule has 0 aromatic rings. The van der Waals surface area contributed by atoms with Crippen LogP contribution in [0.4, 0.5) is 0 Å². The molecular weight excluding hydrogens is 372 g/mol. The quantitative estimate of drug-likeness (QED) is 0.347. The maximum absolute atomic E-state index is 11.7. The van der Waals surface area contributed by atoms with Gasteiger partial charge in [-0.3, -0.25) is 13.6 Å². The summed E-state index contributed by atoms with van der Waals surface area (Å²) in [6, 6.07) is 0. The molecule has 3 aliphatic rings. The van der Waals surface area contributed by atoms with Crippen molar-refractivity contribution in [1.29, 1.82) is 0 Å². The van der Waals surface area contributed by atoms with Crippen LogP contribution in [0.5, 0.6) is 0 Å². The summed E-state index contributed by atoms with van der Waals surface area (Å²) in [6.45, 7) is -0.711. The first-order chi connectivity index (χ1) is 7.70. The largest absolute Gasteiger partial charge is 1.00 e. The predicted molar refractivity (Wildman–Crippen MR) is 52.5 cm³/mol. The molecule has 106 valence electrons. The van der Waals surface area contributed by atoms with Gasteiger partial charge in [0.1, 0.15) is 20.2 Å². The number of fused-ring (bicyclic) bond motifs is 5. The van der Waals surface area contributed by atoms with E-state index in [0.29, 0.717) is 0 Å². The Balaban J connectivity index is -0.000000180. The average molecular weight is 383 g/mol. The van der Waals surface area contributed by atoms with Gasteiger partial charge in [-0.15, -0.1) is 0 Å². The zero-order valence-electron chi connectivity index (χ0n) is 14.1. The van der Waals surface area contributed by atoms with E-state index >= 15 is 0 Å². The molecule has 17 heteroatoms. The molecule has 3 saturated heterocycles. The molecular formula is C3H11NNa3O10P3. The van der Waals surface area contributed by atoms with Crippen LogP contribution in [0, 0.1) is 0 Å². The molecule has 3 fully saturated rings. The second-order valence-electron chi connectivity index (χ2n) is 2.99. The number of hydrogen-bond acceptors (Lipinski definition) is 9. The zero-order valence-corrected chi connectivity index (χ0v) is 19.8. The zero-order chi connectivity index (χ0) is 12.7. The summed E-state index contributed by atoms with van der Waals surface area (Å²) < 4.78 is 55.9. The maximum Gasteiger partial charge on any atom is 1.00 e. The Bertz CT molecular complexity index is 455. The van der Waals surface area contributed by atoms with Crippen LogP contribution < -0.4 is 88.7 Å². The van der Waals surface area contributed by atoms with Gasteiger partial charge in [0, 0.05) is 0 Å². The molecule has 0 saturated carbocycles. The summed E-state index contributed by atoms with van der Waals surface area (Å²) in [5.41, 5.74) is 0. The summed E-state index contributed by atoms with van der Waals surface area (Å²) in [6.07, 6.45) is 0. The van der Waals surface area contributed by atoms with Gasteiger partial charge in [0.25, 0.3) is 0 Å². The Morgan fingerprint density at radius 2 is 1.50 bits per heavy atom. The fourth-order valence-electron chi connectivity index (χ4n) is 0.968. The summed E-state index contributed by atoms with van der Waals surface area (Å²) in [4.78, 5) is 18.3. The van der Waals surface area contributed by atoms with E-state index in [1.165, 1.54) is 4.90 Å². The van der Waals surface area contributed by atoms with Crippen molar-refractivity contribution in [2.24, 2.45) is 0 Å². The second-order valence-corrected chi connectivity index (χ2v) is 7.84. The van der Waals surface area contributed by atoms with E-state index in [0.717, 1.165) is 0 Å². The molecule has 3 aliphatic heterocycles. The Hall–Kier alpha value is 3.37. The van der Waals surface area contributed by atoms with E-state index in [1.54, 1.807) is 0 Å². The van der Waals surface area contributed by atoms with E-state index in [4.69, 9.17) is 9.79 Å². The molecule has 0 aliphatic carbocycles. The van der Waals surface area contributed by atoms with Crippen molar-refractivity contribution < 1.29 is 139 Å². The van der Waals surface area contributed by atoms with Crippen LogP contribution in [-0.2, 0) is 35.9 Å². The number of hydrogen-bond donors (Lipinski definition) is 2. The minimum Gasteiger partial charge on any atom is -1.00 e. The second kappa shape index (κ2) is 9.75. The van der Waals surface area contributed by atoms with E-state index in [-0.39, 0.29) is 106 Å². The fraction of sp³-hybridized carbons (Fsp3) is 1.00. The topological polar surface area (TPSA) is 141 Å².